The first kappa shape index (κ1) is 12.0. The van der Waals surface area contributed by atoms with Gasteiger partial charge in [-0.05, 0) is 59.9 Å². The Hall–Kier alpha value is -1.80. The molecule has 3 heteroatoms. The molecule has 2 aromatic rings. The van der Waals surface area contributed by atoms with Crippen LogP contribution in [0.5, 0.6) is 5.75 Å². The van der Waals surface area contributed by atoms with Crippen LogP contribution in [0, 0.1) is 0 Å². The van der Waals surface area contributed by atoms with E-state index in [0.29, 0.717) is 18.1 Å². The Balaban J connectivity index is 1.93. The van der Waals surface area contributed by atoms with Gasteiger partial charge in [0.25, 0.3) is 0 Å². The molecule has 1 aliphatic heterocycles. The Kier molecular flexibility index (Phi) is 2.61. The summed E-state index contributed by atoms with van der Waals surface area (Å²) in [5, 5.41) is 0.681. The lowest BCUT2D eigenvalue weighted by Gasteiger charge is -2.24. The molecule has 0 saturated carbocycles. The topological polar surface area (TPSA) is 26.3 Å². The van der Waals surface area contributed by atoms with E-state index in [1.165, 1.54) is 11.1 Å². The third kappa shape index (κ3) is 1.75. The molecular formula is C17H13ClO2. The van der Waals surface area contributed by atoms with Crippen LogP contribution in [0.1, 0.15) is 34.3 Å². The van der Waals surface area contributed by atoms with Gasteiger partial charge in [0.1, 0.15) is 12.4 Å². The van der Waals surface area contributed by atoms with Crippen LogP contribution in [-0.2, 0) is 13.0 Å². The Morgan fingerprint density at radius 2 is 1.80 bits per heavy atom. The molecule has 0 aromatic heterocycles. The number of fused-ring (bicyclic) bond motifs is 4. The summed E-state index contributed by atoms with van der Waals surface area (Å²) < 4.78 is 5.76. The largest absolute Gasteiger partial charge is 0.488 e. The molecule has 0 spiro atoms. The molecule has 100 valence electrons. The van der Waals surface area contributed by atoms with Crippen LogP contribution < -0.4 is 4.74 Å². The van der Waals surface area contributed by atoms with Crippen molar-refractivity contribution in [3.63, 3.8) is 0 Å². The number of benzene rings is 2. The van der Waals surface area contributed by atoms with Crippen molar-refractivity contribution >= 4 is 17.4 Å². The number of carbonyl (C=O) groups excluding carboxylic acids is 1. The van der Waals surface area contributed by atoms with Gasteiger partial charge in [0.05, 0.1) is 0 Å². The molecule has 2 aromatic carbocycles. The number of ether oxygens (including phenoxy) is 1. The van der Waals surface area contributed by atoms with Crippen molar-refractivity contribution in [2.75, 3.05) is 0 Å². The second-order valence-corrected chi connectivity index (χ2v) is 5.81. The van der Waals surface area contributed by atoms with Gasteiger partial charge in [-0.25, -0.2) is 0 Å². The van der Waals surface area contributed by atoms with Gasteiger partial charge >= 0.3 is 0 Å². The summed E-state index contributed by atoms with van der Waals surface area (Å²) in [6, 6.07) is 9.90. The van der Waals surface area contributed by atoms with Crippen molar-refractivity contribution < 1.29 is 9.53 Å². The van der Waals surface area contributed by atoms with E-state index in [2.05, 4.69) is 6.07 Å². The summed E-state index contributed by atoms with van der Waals surface area (Å²) in [7, 11) is 0. The minimum Gasteiger partial charge on any atom is -0.488 e. The summed E-state index contributed by atoms with van der Waals surface area (Å²) in [5.41, 5.74) is 5.39. The van der Waals surface area contributed by atoms with Crippen molar-refractivity contribution in [2.45, 2.75) is 25.9 Å². The van der Waals surface area contributed by atoms with E-state index in [1.807, 2.05) is 24.3 Å². The van der Waals surface area contributed by atoms with Crippen LogP contribution in [0.2, 0.25) is 5.02 Å². The first-order valence-electron chi connectivity index (χ1n) is 6.84. The van der Waals surface area contributed by atoms with Crippen LogP contribution in [0.3, 0.4) is 0 Å². The molecule has 0 radical (unpaired) electrons. The standard InChI is InChI=1S/C17H13ClO2/c18-12-4-5-13-14-6-10-2-1-3-16(19)15(10)7-11(14)9-20-17(13)8-12/h4-8H,1-3,9H2. The van der Waals surface area contributed by atoms with Gasteiger partial charge in [-0.2, -0.15) is 0 Å². The average molecular weight is 285 g/mol. The summed E-state index contributed by atoms with van der Waals surface area (Å²) in [5.74, 6) is 1.09. The zero-order valence-electron chi connectivity index (χ0n) is 10.9. The fraction of sp³-hybridized carbons (Fsp3) is 0.235. The number of Topliss-reactive ketones (excluding diaryl/α,β-unsaturated/α-hetero) is 1. The summed E-state index contributed by atoms with van der Waals surface area (Å²) in [6.45, 7) is 0.503. The van der Waals surface area contributed by atoms with Gasteiger partial charge in [0, 0.05) is 22.6 Å². The average Bonchev–Trinajstić information content (AvgIpc) is 2.45. The zero-order chi connectivity index (χ0) is 13.7. The Bertz CT molecular complexity index is 734. The van der Waals surface area contributed by atoms with E-state index in [-0.39, 0.29) is 5.78 Å². The minimum atomic E-state index is 0.260. The molecule has 20 heavy (non-hydrogen) atoms. The fourth-order valence-corrected chi connectivity index (χ4v) is 3.26. The van der Waals surface area contributed by atoms with Crippen molar-refractivity contribution in [2.24, 2.45) is 0 Å². The molecular weight excluding hydrogens is 272 g/mol. The fourth-order valence-electron chi connectivity index (χ4n) is 3.09. The molecule has 0 amide bonds. The Morgan fingerprint density at radius 3 is 2.70 bits per heavy atom. The third-order valence-corrected chi connectivity index (χ3v) is 4.33. The van der Waals surface area contributed by atoms with Crippen LogP contribution in [0.15, 0.2) is 30.3 Å². The molecule has 0 saturated heterocycles. The second kappa shape index (κ2) is 4.35. The highest BCUT2D eigenvalue weighted by Crippen LogP contribution is 2.41. The predicted molar refractivity (Wildman–Crippen MR) is 78.5 cm³/mol. The van der Waals surface area contributed by atoms with Gasteiger partial charge in [0.2, 0.25) is 0 Å². The molecule has 4 rings (SSSR count). The number of carbonyl (C=O) groups is 1. The molecule has 0 bridgehead atoms. The highest BCUT2D eigenvalue weighted by molar-refractivity contribution is 6.30. The summed E-state index contributed by atoms with van der Waals surface area (Å²) in [4.78, 5) is 12.0. The van der Waals surface area contributed by atoms with Gasteiger partial charge < -0.3 is 4.74 Å². The monoisotopic (exact) mass is 284 g/mol. The maximum absolute atomic E-state index is 12.0. The number of hydrogen-bond donors (Lipinski definition) is 0. The molecule has 1 heterocycles. The lowest BCUT2D eigenvalue weighted by Crippen LogP contribution is -2.14. The normalized spacial score (nSPS) is 15.9. The highest BCUT2D eigenvalue weighted by atomic mass is 35.5. The minimum absolute atomic E-state index is 0.260. The van der Waals surface area contributed by atoms with E-state index in [0.717, 1.165) is 35.3 Å². The van der Waals surface area contributed by atoms with Crippen molar-refractivity contribution in [1.29, 1.82) is 0 Å². The summed E-state index contributed by atoms with van der Waals surface area (Å²) >= 11 is 6.01. The molecule has 0 atom stereocenters. The van der Waals surface area contributed by atoms with Crippen LogP contribution in [0.25, 0.3) is 11.1 Å². The number of rotatable bonds is 0. The third-order valence-electron chi connectivity index (χ3n) is 4.10. The van der Waals surface area contributed by atoms with Crippen LogP contribution in [0.4, 0.5) is 0 Å². The van der Waals surface area contributed by atoms with Crippen molar-refractivity contribution in [1.82, 2.24) is 0 Å². The molecule has 2 aliphatic rings. The van der Waals surface area contributed by atoms with Gasteiger partial charge in [-0.1, -0.05) is 11.6 Å². The van der Waals surface area contributed by atoms with Crippen molar-refractivity contribution in [3.8, 4) is 16.9 Å². The van der Waals surface area contributed by atoms with Crippen molar-refractivity contribution in [3.05, 3.63) is 52.0 Å². The predicted octanol–water partition coefficient (Wildman–Crippen LogP) is 4.42. The lowest BCUT2D eigenvalue weighted by atomic mass is 9.85. The first-order valence-corrected chi connectivity index (χ1v) is 7.22. The van der Waals surface area contributed by atoms with Crippen LogP contribution in [-0.4, -0.2) is 5.78 Å². The Morgan fingerprint density at radius 1 is 0.950 bits per heavy atom. The van der Waals surface area contributed by atoms with Gasteiger partial charge in [0.15, 0.2) is 5.78 Å². The smallest absolute Gasteiger partial charge is 0.163 e. The first-order chi connectivity index (χ1) is 9.72. The van der Waals surface area contributed by atoms with Crippen LogP contribution >= 0.6 is 11.6 Å². The number of halogens is 1. The number of hydrogen-bond acceptors (Lipinski definition) is 2. The maximum atomic E-state index is 12.0. The van der Waals surface area contributed by atoms with Gasteiger partial charge in [-0.15, -0.1) is 0 Å². The molecule has 1 aliphatic carbocycles. The molecule has 0 fully saturated rings. The SMILES string of the molecule is O=C1CCCc2cc3c(cc21)COc1cc(Cl)ccc1-3. The number of ketones is 1. The second-order valence-electron chi connectivity index (χ2n) is 5.37. The highest BCUT2D eigenvalue weighted by Gasteiger charge is 2.23. The molecule has 0 unspecified atom stereocenters. The Labute approximate surface area is 122 Å². The molecule has 2 nitrogen and oxygen atoms in total. The zero-order valence-corrected chi connectivity index (χ0v) is 11.7. The van der Waals surface area contributed by atoms with E-state index < -0.39 is 0 Å². The molecule has 0 N–H and O–H groups in total. The number of aryl methyl sites for hydroxylation is 1. The van der Waals surface area contributed by atoms with E-state index in [1.54, 1.807) is 0 Å². The van der Waals surface area contributed by atoms with E-state index in [9.17, 15) is 4.79 Å². The lowest BCUT2D eigenvalue weighted by molar-refractivity contribution is 0.0972. The maximum Gasteiger partial charge on any atom is 0.163 e. The van der Waals surface area contributed by atoms with Gasteiger partial charge in [-0.3, -0.25) is 4.79 Å². The van der Waals surface area contributed by atoms with E-state index >= 15 is 0 Å². The van der Waals surface area contributed by atoms with E-state index in [4.69, 9.17) is 16.3 Å². The summed E-state index contributed by atoms with van der Waals surface area (Å²) in [6.07, 6.45) is 2.60. The quantitative estimate of drug-likeness (QED) is 0.716.